The number of hydrogen-bond acceptors (Lipinski definition) is 4. The SMILES string of the molecule is C=CCn1c(=O)n(-c2cccnc2)c2c3cc(-c4cccnc4)ccc3ncc21. The van der Waals surface area contributed by atoms with Crippen LogP contribution in [0.1, 0.15) is 0 Å². The number of fused-ring (bicyclic) bond motifs is 3. The number of nitrogens with zero attached hydrogens (tertiary/aromatic N) is 5. The van der Waals surface area contributed by atoms with E-state index in [4.69, 9.17) is 0 Å². The maximum Gasteiger partial charge on any atom is 0.334 e. The summed E-state index contributed by atoms with van der Waals surface area (Å²) >= 11 is 0. The van der Waals surface area contributed by atoms with Crippen LogP contribution in [0, 0.1) is 0 Å². The van der Waals surface area contributed by atoms with Gasteiger partial charge in [0.1, 0.15) is 0 Å². The van der Waals surface area contributed by atoms with Crippen molar-refractivity contribution in [1.29, 1.82) is 0 Å². The first-order chi connectivity index (χ1) is 14.3. The van der Waals surface area contributed by atoms with Crippen molar-refractivity contribution in [3.63, 3.8) is 0 Å². The van der Waals surface area contributed by atoms with Gasteiger partial charge >= 0.3 is 5.69 Å². The molecule has 5 aromatic rings. The molecule has 0 atom stereocenters. The third-order valence-electron chi connectivity index (χ3n) is 4.97. The van der Waals surface area contributed by atoms with Crippen molar-refractivity contribution < 1.29 is 0 Å². The lowest BCUT2D eigenvalue weighted by Crippen LogP contribution is -2.22. The van der Waals surface area contributed by atoms with Gasteiger partial charge in [0.15, 0.2) is 0 Å². The Hall–Kier alpha value is -4.06. The number of benzene rings is 1. The Labute approximate surface area is 166 Å². The maximum atomic E-state index is 13.3. The highest BCUT2D eigenvalue weighted by Crippen LogP contribution is 2.29. The van der Waals surface area contributed by atoms with Gasteiger partial charge in [-0.3, -0.25) is 24.1 Å². The monoisotopic (exact) mass is 379 g/mol. The normalized spacial score (nSPS) is 11.2. The van der Waals surface area contributed by atoms with Crippen LogP contribution in [0.25, 0.3) is 38.8 Å². The Morgan fingerprint density at radius 3 is 2.52 bits per heavy atom. The Morgan fingerprint density at radius 2 is 1.79 bits per heavy atom. The second-order valence-electron chi connectivity index (χ2n) is 6.69. The van der Waals surface area contributed by atoms with Crippen LogP contribution in [-0.2, 0) is 6.54 Å². The maximum absolute atomic E-state index is 13.3. The third kappa shape index (κ3) is 2.73. The molecule has 0 radical (unpaired) electrons. The van der Waals surface area contributed by atoms with Crippen LogP contribution in [0.15, 0.2) is 90.9 Å². The summed E-state index contributed by atoms with van der Waals surface area (Å²) in [6.45, 7) is 4.19. The second-order valence-corrected chi connectivity index (χ2v) is 6.69. The smallest absolute Gasteiger partial charge is 0.286 e. The lowest BCUT2D eigenvalue weighted by molar-refractivity contribution is 0.780. The topological polar surface area (TPSA) is 65.6 Å². The molecule has 0 spiro atoms. The number of aromatic nitrogens is 5. The summed E-state index contributed by atoms with van der Waals surface area (Å²) in [6.07, 6.45) is 10.4. The molecule has 0 aliphatic carbocycles. The number of imidazole rings is 1. The molecular formula is C23H17N5O. The van der Waals surface area contributed by atoms with Gasteiger partial charge in [0.05, 0.1) is 34.6 Å². The fourth-order valence-electron chi connectivity index (χ4n) is 3.66. The summed E-state index contributed by atoms with van der Waals surface area (Å²) in [4.78, 5) is 26.3. The van der Waals surface area contributed by atoms with Gasteiger partial charge in [0, 0.05) is 36.1 Å². The molecule has 4 aromatic heterocycles. The Balaban J connectivity index is 1.92. The van der Waals surface area contributed by atoms with Gasteiger partial charge in [-0.25, -0.2) is 4.79 Å². The zero-order valence-electron chi connectivity index (χ0n) is 15.6. The summed E-state index contributed by atoms with van der Waals surface area (Å²) in [6, 6.07) is 13.7. The van der Waals surface area contributed by atoms with Crippen molar-refractivity contribution in [3.05, 3.63) is 96.6 Å². The molecular weight excluding hydrogens is 362 g/mol. The van der Waals surface area contributed by atoms with Crippen LogP contribution in [-0.4, -0.2) is 24.1 Å². The Morgan fingerprint density at radius 1 is 0.966 bits per heavy atom. The van der Waals surface area contributed by atoms with E-state index in [-0.39, 0.29) is 5.69 Å². The van der Waals surface area contributed by atoms with E-state index in [9.17, 15) is 4.79 Å². The highest BCUT2D eigenvalue weighted by molar-refractivity contribution is 6.04. The van der Waals surface area contributed by atoms with Crippen LogP contribution in [0.3, 0.4) is 0 Å². The lowest BCUT2D eigenvalue weighted by atomic mass is 10.0. The largest absolute Gasteiger partial charge is 0.334 e. The van der Waals surface area contributed by atoms with Gasteiger partial charge in [0.25, 0.3) is 0 Å². The lowest BCUT2D eigenvalue weighted by Gasteiger charge is -2.07. The molecule has 0 unspecified atom stereocenters. The highest BCUT2D eigenvalue weighted by Gasteiger charge is 2.18. The van der Waals surface area contributed by atoms with Crippen LogP contribution in [0.4, 0.5) is 0 Å². The van der Waals surface area contributed by atoms with Crippen LogP contribution in [0.5, 0.6) is 0 Å². The quantitative estimate of drug-likeness (QED) is 0.443. The van der Waals surface area contributed by atoms with E-state index in [1.165, 1.54) is 0 Å². The standard InChI is InChI=1S/C23H17N5O/c1-2-11-27-21-15-26-20-8-7-16(17-5-3-9-24-13-17)12-19(20)22(21)28(23(27)29)18-6-4-10-25-14-18/h2-10,12-15H,1,11H2. The first kappa shape index (κ1) is 17.1. The van der Waals surface area contributed by atoms with E-state index < -0.39 is 0 Å². The van der Waals surface area contributed by atoms with Crippen LogP contribution >= 0.6 is 0 Å². The zero-order chi connectivity index (χ0) is 19.8. The molecule has 1 aromatic carbocycles. The summed E-state index contributed by atoms with van der Waals surface area (Å²) in [5.74, 6) is 0. The first-order valence-corrected chi connectivity index (χ1v) is 9.23. The van der Waals surface area contributed by atoms with E-state index in [0.717, 1.165) is 33.1 Å². The molecule has 5 rings (SSSR count). The highest BCUT2D eigenvalue weighted by atomic mass is 16.1. The van der Waals surface area contributed by atoms with E-state index in [2.05, 4.69) is 27.6 Å². The average Bonchev–Trinajstić information content (AvgIpc) is 3.07. The molecule has 0 fully saturated rings. The molecule has 6 heteroatoms. The van der Waals surface area contributed by atoms with E-state index in [0.29, 0.717) is 12.2 Å². The molecule has 0 saturated heterocycles. The molecule has 0 bridgehead atoms. The van der Waals surface area contributed by atoms with Crippen molar-refractivity contribution >= 4 is 21.9 Å². The predicted molar refractivity (Wildman–Crippen MR) is 114 cm³/mol. The van der Waals surface area contributed by atoms with E-state index >= 15 is 0 Å². The molecule has 4 heterocycles. The van der Waals surface area contributed by atoms with Crippen molar-refractivity contribution in [2.75, 3.05) is 0 Å². The number of allylic oxidation sites excluding steroid dienone is 1. The van der Waals surface area contributed by atoms with Gasteiger partial charge in [-0.1, -0.05) is 18.2 Å². The van der Waals surface area contributed by atoms with Gasteiger partial charge in [-0.2, -0.15) is 0 Å². The summed E-state index contributed by atoms with van der Waals surface area (Å²) in [5.41, 5.74) is 4.97. The molecule has 140 valence electrons. The number of hydrogen-bond donors (Lipinski definition) is 0. The van der Waals surface area contributed by atoms with Crippen molar-refractivity contribution in [2.45, 2.75) is 6.54 Å². The van der Waals surface area contributed by atoms with Gasteiger partial charge in [0.2, 0.25) is 0 Å². The van der Waals surface area contributed by atoms with Crippen LogP contribution in [0.2, 0.25) is 0 Å². The Bertz CT molecular complexity index is 1400. The average molecular weight is 379 g/mol. The minimum absolute atomic E-state index is 0.144. The molecule has 0 aliphatic rings. The molecule has 0 amide bonds. The number of rotatable bonds is 4. The van der Waals surface area contributed by atoms with Gasteiger partial charge in [-0.05, 0) is 35.9 Å². The number of pyridine rings is 3. The fraction of sp³-hybridized carbons (Fsp3) is 0.0435. The van der Waals surface area contributed by atoms with Crippen molar-refractivity contribution in [3.8, 4) is 16.8 Å². The van der Waals surface area contributed by atoms with Gasteiger partial charge < -0.3 is 0 Å². The molecule has 29 heavy (non-hydrogen) atoms. The first-order valence-electron chi connectivity index (χ1n) is 9.23. The third-order valence-corrected chi connectivity index (χ3v) is 4.97. The molecule has 0 aliphatic heterocycles. The zero-order valence-corrected chi connectivity index (χ0v) is 15.6. The molecule has 6 nitrogen and oxygen atoms in total. The second kappa shape index (κ2) is 6.83. The van der Waals surface area contributed by atoms with Crippen molar-refractivity contribution in [2.24, 2.45) is 0 Å². The molecule has 0 N–H and O–H groups in total. The minimum Gasteiger partial charge on any atom is -0.286 e. The predicted octanol–water partition coefficient (Wildman–Crippen LogP) is 3.98. The summed E-state index contributed by atoms with van der Waals surface area (Å²) < 4.78 is 3.38. The van der Waals surface area contributed by atoms with Gasteiger partial charge in [-0.15, -0.1) is 6.58 Å². The van der Waals surface area contributed by atoms with Crippen molar-refractivity contribution in [1.82, 2.24) is 24.1 Å². The Kier molecular flexibility index (Phi) is 4.02. The summed E-state index contributed by atoms with van der Waals surface area (Å²) in [7, 11) is 0. The summed E-state index contributed by atoms with van der Waals surface area (Å²) in [5, 5.41) is 0.896. The van der Waals surface area contributed by atoms with E-state index in [1.54, 1.807) is 40.0 Å². The van der Waals surface area contributed by atoms with E-state index in [1.807, 2.05) is 42.6 Å². The fourth-order valence-corrected chi connectivity index (χ4v) is 3.66. The molecule has 0 saturated carbocycles. The van der Waals surface area contributed by atoms with Crippen LogP contribution < -0.4 is 5.69 Å². The minimum atomic E-state index is -0.144.